The van der Waals surface area contributed by atoms with Crippen molar-refractivity contribution < 1.29 is 14.4 Å². The molecule has 4 aromatic carbocycles. The first-order valence-corrected chi connectivity index (χ1v) is 14.3. The van der Waals surface area contributed by atoms with Crippen LogP contribution in [0.3, 0.4) is 0 Å². The number of hydroxylamine groups is 1. The van der Waals surface area contributed by atoms with Crippen LogP contribution in [0.25, 0.3) is 11.3 Å². The summed E-state index contributed by atoms with van der Waals surface area (Å²) in [6.07, 6.45) is 6.70. The molecule has 1 amide bonds. The largest absolute Gasteiger partial charge is 0.298 e. The second kappa shape index (κ2) is 14.1. The monoisotopic (exact) mass is 558 g/mol. The quantitative estimate of drug-likeness (QED) is 0.0705. The average Bonchev–Trinajstić information content (AvgIpc) is 3.53. The Morgan fingerprint density at radius 3 is 1.83 bits per heavy atom. The van der Waals surface area contributed by atoms with E-state index in [4.69, 9.17) is 4.84 Å². The Hall–Kier alpha value is -4.88. The Morgan fingerprint density at radius 2 is 1.29 bits per heavy atom. The lowest BCUT2D eigenvalue weighted by Gasteiger charge is -2.35. The molecule has 0 aliphatic carbocycles. The van der Waals surface area contributed by atoms with E-state index in [-0.39, 0.29) is 5.91 Å². The van der Waals surface area contributed by atoms with Gasteiger partial charge in [-0.2, -0.15) is 0 Å². The van der Waals surface area contributed by atoms with E-state index in [9.17, 15) is 9.59 Å². The molecule has 1 N–H and O–H groups in total. The number of amides is 1. The fourth-order valence-corrected chi connectivity index (χ4v) is 5.07. The van der Waals surface area contributed by atoms with Crippen molar-refractivity contribution in [1.29, 1.82) is 0 Å². The van der Waals surface area contributed by atoms with Crippen LogP contribution in [0.1, 0.15) is 59.2 Å². The molecule has 0 unspecified atom stereocenters. The van der Waals surface area contributed by atoms with E-state index in [1.165, 1.54) is 0 Å². The van der Waals surface area contributed by atoms with Gasteiger partial charge in [0.05, 0.1) is 6.20 Å². The first-order valence-electron chi connectivity index (χ1n) is 14.3. The molecule has 5 rings (SSSR count). The molecule has 0 aliphatic rings. The molecular formula is C35H34N4O3. The number of carbonyl (C=O) groups excluding carboxylic acids is 2. The molecular weight excluding hydrogens is 524 g/mol. The summed E-state index contributed by atoms with van der Waals surface area (Å²) in [6.45, 7) is 0.752. The molecule has 212 valence electrons. The number of aromatic nitrogens is 3. The van der Waals surface area contributed by atoms with Gasteiger partial charge in [0.1, 0.15) is 12.0 Å². The van der Waals surface area contributed by atoms with Gasteiger partial charge in [0, 0.05) is 24.1 Å². The molecule has 42 heavy (non-hydrogen) atoms. The number of nitrogens with zero attached hydrogens (tertiary/aromatic N) is 3. The standard InChI is InChI=1S/C35H34N4O3/c40-27-28-21-23-29(24-22-28)33-26-39(38-36-33)25-13-2-1-12-20-34(41)37-42-35(30-14-6-3-7-15-30,31-16-8-4-9-17-31)32-18-10-5-11-19-32/h3-11,14-19,21-24,26-27H,1-2,12-13,20,25H2,(H,37,41). The number of benzene rings is 4. The Bertz CT molecular complexity index is 1460. The van der Waals surface area contributed by atoms with Gasteiger partial charge in [0.25, 0.3) is 0 Å². The third-order valence-corrected chi connectivity index (χ3v) is 7.28. The van der Waals surface area contributed by atoms with E-state index < -0.39 is 5.60 Å². The number of aryl methyl sites for hydroxylation is 1. The molecule has 0 saturated heterocycles. The van der Waals surface area contributed by atoms with Crippen LogP contribution in [-0.4, -0.2) is 27.2 Å². The Balaban J connectivity index is 1.14. The Labute approximate surface area is 246 Å². The van der Waals surface area contributed by atoms with E-state index in [1.54, 1.807) is 12.1 Å². The van der Waals surface area contributed by atoms with Crippen LogP contribution >= 0.6 is 0 Å². The number of unbranched alkanes of at least 4 members (excludes halogenated alkanes) is 3. The molecule has 0 spiro atoms. The third-order valence-electron chi connectivity index (χ3n) is 7.28. The van der Waals surface area contributed by atoms with Crippen LogP contribution < -0.4 is 5.48 Å². The second-order valence-electron chi connectivity index (χ2n) is 10.2. The van der Waals surface area contributed by atoms with Crippen molar-refractivity contribution in [1.82, 2.24) is 20.5 Å². The zero-order chi connectivity index (χ0) is 29.0. The summed E-state index contributed by atoms with van der Waals surface area (Å²) in [4.78, 5) is 30.2. The highest BCUT2D eigenvalue weighted by Gasteiger charge is 2.39. The third kappa shape index (κ3) is 6.87. The van der Waals surface area contributed by atoms with Crippen molar-refractivity contribution in [3.05, 3.63) is 144 Å². The van der Waals surface area contributed by atoms with Crippen LogP contribution in [0, 0.1) is 0 Å². The normalized spacial score (nSPS) is 11.2. The van der Waals surface area contributed by atoms with E-state index in [2.05, 4.69) is 15.8 Å². The molecule has 0 atom stereocenters. The second-order valence-corrected chi connectivity index (χ2v) is 10.2. The van der Waals surface area contributed by atoms with Crippen LogP contribution in [-0.2, 0) is 21.8 Å². The van der Waals surface area contributed by atoms with Crippen molar-refractivity contribution in [3.63, 3.8) is 0 Å². The maximum atomic E-state index is 12.9. The number of nitrogens with one attached hydrogen (secondary N) is 1. The highest BCUT2D eigenvalue weighted by molar-refractivity contribution is 5.76. The summed E-state index contributed by atoms with van der Waals surface area (Å²) >= 11 is 0. The fraction of sp³-hybridized carbons (Fsp3) is 0.200. The summed E-state index contributed by atoms with van der Waals surface area (Å²) in [5.74, 6) is -0.149. The van der Waals surface area contributed by atoms with E-state index >= 15 is 0 Å². The summed E-state index contributed by atoms with van der Waals surface area (Å²) in [5.41, 5.74) is 6.91. The lowest BCUT2D eigenvalue weighted by molar-refractivity contribution is -0.143. The van der Waals surface area contributed by atoms with Crippen molar-refractivity contribution in [2.75, 3.05) is 0 Å². The van der Waals surface area contributed by atoms with Crippen molar-refractivity contribution >= 4 is 12.2 Å². The van der Waals surface area contributed by atoms with Gasteiger partial charge in [-0.25, -0.2) is 5.48 Å². The van der Waals surface area contributed by atoms with Crippen molar-refractivity contribution in [2.24, 2.45) is 0 Å². The van der Waals surface area contributed by atoms with Crippen LogP contribution in [0.5, 0.6) is 0 Å². The topological polar surface area (TPSA) is 86.1 Å². The Morgan fingerprint density at radius 1 is 0.738 bits per heavy atom. The van der Waals surface area contributed by atoms with Gasteiger partial charge >= 0.3 is 0 Å². The summed E-state index contributed by atoms with van der Waals surface area (Å²) in [5, 5.41) is 8.46. The lowest BCUT2D eigenvalue weighted by atomic mass is 9.80. The highest BCUT2D eigenvalue weighted by Crippen LogP contribution is 2.39. The molecule has 1 aromatic heterocycles. The molecule has 0 aliphatic heterocycles. The molecule has 0 radical (unpaired) electrons. The number of aldehydes is 1. The maximum absolute atomic E-state index is 12.9. The van der Waals surface area contributed by atoms with Gasteiger partial charge in [-0.1, -0.05) is 133 Å². The molecule has 0 saturated carbocycles. The predicted molar refractivity (Wildman–Crippen MR) is 162 cm³/mol. The molecule has 0 bridgehead atoms. The number of rotatable bonds is 14. The van der Waals surface area contributed by atoms with E-state index in [0.717, 1.165) is 66.5 Å². The predicted octanol–water partition coefficient (Wildman–Crippen LogP) is 6.75. The smallest absolute Gasteiger partial charge is 0.243 e. The van der Waals surface area contributed by atoms with Gasteiger partial charge in [-0.15, -0.1) is 5.10 Å². The Kier molecular flexibility index (Phi) is 9.65. The van der Waals surface area contributed by atoms with Crippen LogP contribution in [0.2, 0.25) is 0 Å². The average molecular weight is 559 g/mol. The number of hydrogen-bond acceptors (Lipinski definition) is 5. The minimum atomic E-state index is -0.993. The number of hydrogen-bond donors (Lipinski definition) is 1. The molecule has 7 heteroatoms. The number of carbonyl (C=O) groups is 2. The van der Waals surface area contributed by atoms with Gasteiger partial charge in [0.15, 0.2) is 5.60 Å². The molecule has 1 heterocycles. The fourth-order valence-electron chi connectivity index (χ4n) is 5.07. The van der Waals surface area contributed by atoms with Crippen LogP contribution in [0.4, 0.5) is 0 Å². The van der Waals surface area contributed by atoms with Crippen molar-refractivity contribution in [2.45, 2.75) is 44.2 Å². The summed E-state index contributed by atoms with van der Waals surface area (Å²) in [7, 11) is 0. The van der Waals surface area contributed by atoms with Crippen molar-refractivity contribution in [3.8, 4) is 11.3 Å². The van der Waals surface area contributed by atoms with Gasteiger partial charge in [-0.3, -0.25) is 19.1 Å². The minimum Gasteiger partial charge on any atom is -0.298 e. The molecule has 7 nitrogen and oxygen atoms in total. The maximum Gasteiger partial charge on any atom is 0.243 e. The summed E-state index contributed by atoms with van der Waals surface area (Å²) in [6, 6.07) is 37.2. The van der Waals surface area contributed by atoms with E-state index in [0.29, 0.717) is 12.0 Å². The summed E-state index contributed by atoms with van der Waals surface area (Å²) < 4.78 is 1.83. The minimum absolute atomic E-state index is 0.149. The zero-order valence-electron chi connectivity index (χ0n) is 23.4. The zero-order valence-corrected chi connectivity index (χ0v) is 23.4. The molecule has 5 aromatic rings. The van der Waals surface area contributed by atoms with Crippen LogP contribution in [0.15, 0.2) is 121 Å². The first kappa shape index (κ1) is 28.6. The van der Waals surface area contributed by atoms with Gasteiger partial charge in [-0.05, 0) is 29.5 Å². The highest BCUT2D eigenvalue weighted by atomic mass is 16.7. The first-order chi connectivity index (χ1) is 20.7. The molecule has 0 fully saturated rings. The SMILES string of the molecule is O=Cc1ccc(-c2cn(CCCCCCC(=O)NOC(c3ccccc3)(c3ccccc3)c3ccccc3)nn2)cc1. The lowest BCUT2D eigenvalue weighted by Crippen LogP contribution is -2.40. The van der Waals surface area contributed by atoms with Gasteiger partial charge in [0.2, 0.25) is 5.91 Å². The van der Waals surface area contributed by atoms with Gasteiger partial charge < -0.3 is 0 Å². The van der Waals surface area contributed by atoms with E-state index in [1.807, 2.05) is 114 Å².